The van der Waals surface area contributed by atoms with E-state index in [1.54, 1.807) is 0 Å². The molecule has 1 aliphatic carbocycles. The third kappa shape index (κ3) is 2.63. The molecule has 1 saturated carbocycles. The summed E-state index contributed by atoms with van der Waals surface area (Å²) in [7, 11) is 0. The van der Waals surface area contributed by atoms with Crippen molar-refractivity contribution in [3.05, 3.63) is 21.0 Å². The Bertz CT molecular complexity index is 537. The Kier molecular flexibility index (Phi) is 3.63. The standard InChI is InChI=1S/C11H13BrF3N3O/c1-2-5-18-9(19)8(12)7(6-16-18)17-10(3-4-10)11(13,14)15/h6,17H,2-5H2,1H3. The van der Waals surface area contributed by atoms with Gasteiger partial charge in [0, 0.05) is 6.54 Å². The maximum absolute atomic E-state index is 12.8. The third-order valence-corrected chi connectivity index (χ3v) is 3.85. The molecule has 1 aromatic heterocycles. The first-order valence-electron chi connectivity index (χ1n) is 5.91. The fraction of sp³-hybridized carbons (Fsp3) is 0.636. The van der Waals surface area contributed by atoms with E-state index in [1.807, 2.05) is 6.92 Å². The Morgan fingerprint density at radius 2 is 2.16 bits per heavy atom. The van der Waals surface area contributed by atoms with Gasteiger partial charge in [0.25, 0.3) is 5.56 Å². The second-order valence-electron chi connectivity index (χ2n) is 4.61. The highest BCUT2D eigenvalue weighted by atomic mass is 79.9. The van der Waals surface area contributed by atoms with Gasteiger partial charge in [0.1, 0.15) is 10.0 Å². The second-order valence-corrected chi connectivity index (χ2v) is 5.40. The summed E-state index contributed by atoms with van der Waals surface area (Å²) in [4.78, 5) is 11.9. The normalized spacial score (nSPS) is 17.3. The summed E-state index contributed by atoms with van der Waals surface area (Å²) < 4.78 is 39.8. The first kappa shape index (κ1) is 14.4. The van der Waals surface area contributed by atoms with Crippen molar-refractivity contribution in [2.75, 3.05) is 5.32 Å². The lowest BCUT2D eigenvalue weighted by Gasteiger charge is -2.22. The second kappa shape index (κ2) is 4.81. The number of alkyl halides is 3. The Hall–Kier alpha value is -1.05. The van der Waals surface area contributed by atoms with Gasteiger partial charge in [-0.15, -0.1) is 0 Å². The van der Waals surface area contributed by atoms with Crippen LogP contribution in [-0.4, -0.2) is 21.5 Å². The zero-order valence-corrected chi connectivity index (χ0v) is 11.8. The van der Waals surface area contributed by atoms with E-state index in [2.05, 4.69) is 26.3 Å². The Balaban J connectivity index is 2.28. The molecular formula is C11H13BrF3N3O. The minimum Gasteiger partial charge on any atom is -0.369 e. The van der Waals surface area contributed by atoms with Gasteiger partial charge in [0.15, 0.2) is 0 Å². The predicted octanol–water partition coefficient (Wildman–Crippen LogP) is 2.92. The molecular weight excluding hydrogens is 327 g/mol. The summed E-state index contributed by atoms with van der Waals surface area (Å²) in [6, 6.07) is 0. The molecule has 19 heavy (non-hydrogen) atoms. The van der Waals surface area contributed by atoms with Crippen molar-refractivity contribution in [3.63, 3.8) is 0 Å². The van der Waals surface area contributed by atoms with Gasteiger partial charge in [-0.2, -0.15) is 18.3 Å². The smallest absolute Gasteiger partial charge is 0.369 e. The van der Waals surface area contributed by atoms with Crippen LogP contribution in [0.5, 0.6) is 0 Å². The minimum atomic E-state index is -4.33. The quantitative estimate of drug-likeness (QED) is 0.917. The van der Waals surface area contributed by atoms with E-state index in [1.165, 1.54) is 10.9 Å². The number of aryl methyl sites for hydroxylation is 1. The summed E-state index contributed by atoms with van der Waals surface area (Å²) in [5.74, 6) is 0. The molecule has 4 nitrogen and oxygen atoms in total. The van der Waals surface area contributed by atoms with Crippen LogP contribution in [0.3, 0.4) is 0 Å². The van der Waals surface area contributed by atoms with Crippen LogP contribution in [0.1, 0.15) is 26.2 Å². The van der Waals surface area contributed by atoms with Crippen LogP contribution in [-0.2, 0) is 6.54 Å². The highest BCUT2D eigenvalue weighted by molar-refractivity contribution is 9.10. The van der Waals surface area contributed by atoms with Crippen molar-refractivity contribution in [3.8, 4) is 0 Å². The van der Waals surface area contributed by atoms with Gasteiger partial charge >= 0.3 is 6.18 Å². The van der Waals surface area contributed by atoms with Gasteiger partial charge < -0.3 is 5.32 Å². The van der Waals surface area contributed by atoms with Gasteiger partial charge in [-0.25, -0.2) is 4.68 Å². The van der Waals surface area contributed by atoms with E-state index in [0.717, 1.165) is 6.42 Å². The van der Waals surface area contributed by atoms with Crippen LogP contribution in [0.4, 0.5) is 18.9 Å². The zero-order chi connectivity index (χ0) is 14.3. The van der Waals surface area contributed by atoms with Crippen LogP contribution in [0, 0.1) is 0 Å². The molecule has 0 radical (unpaired) electrons. The number of hydrogen-bond donors (Lipinski definition) is 1. The third-order valence-electron chi connectivity index (χ3n) is 3.09. The number of aromatic nitrogens is 2. The topological polar surface area (TPSA) is 46.9 Å². The van der Waals surface area contributed by atoms with Crippen molar-refractivity contribution >= 4 is 21.6 Å². The van der Waals surface area contributed by atoms with Crippen LogP contribution in [0.2, 0.25) is 0 Å². The van der Waals surface area contributed by atoms with E-state index < -0.39 is 17.3 Å². The lowest BCUT2D eigenvalue weighted by Crippen LogP contribution is -2.39. The lowest BCUT2D eigenvalue weighted by molar-refractivity contribution is -0.151. The van der Waals surface area contributed by atoms with E-state index in [4.69, 9.17) is 0 Å². The molecule has 0 aliphatic heterocycles. The van der Waals surface area contributed by atoms with Gasteiger partial charge in [-0.3, -0.25) is 4.79 Å². The summed E-state index contributed by atoms with van der Waals surface area (Å²) in [6.07, 6.45) is -2.32. The van der Waals surface area contributed by atoms with Crippen LogP contribution in [0.25, 0.3) is 0 Å². The molecule has 0 aromatic carbocycles. The summed E-state index contributed by atoms with van der Waals surface area (Å²) in [5.41, 5.74) is -2.24. The maximum atomic E-state index is 12.8. The Morgan fingerprint density at radius 3 is 2.63 bits per heavy atom. The fourth-order valence-electron chi connectivity index (χ4n) is 1.79. The predicted molar refractivity (Wildman–Crippen MR) is 68.1 cm³/mol. The molecule has 1 heterocycles. The molecule has 1 fully saturated rings. The monoisotopic (exact) mass is 339 g/mol. The number of nitrogens with one attached hydrogen (secondary N) is 1. The molecule has 0 atom stereocenters. The van der Waals surface area contributed by atoms with Crippen LogP contribution in [0.15, 0.2) is 15.5 Å². The number of anilines is 1. The highest BCUT2D eigenvalue weighted by Crippen LogP contribution is 2.51. The van der Waals surface area contributed by atoms with E-state index in [-0.39, 0.29) is 23.0 Å². The van der Waals surface area contributed by atoms with E-state index in [9.17, 15) is 18.0 Å². The summed E-state index contributed by atoms with van der Waals surface area (Å²) in [6.45, 7) is 2.32. The van der Waals surface area contributed by atoms with Crippen LogP contribution < -0.4 is 10.9 Å². The molecule has 8 heteroatoms. The number of halogens is 4. The average molecular weight is 340 g/mol. The fourth-order valence-corrected chi connectivity index (χ4v) is 2.19. The average Bonchev–Trinajstić information content (AvgIpc) is 3.09. The molecule has 0 amide bonds. The van der Waals surface area contributed by atoms with Gasteiger partial charge in [-0.1, -0.05) is 6.92 Å². The molecule has 1 aromatic rings. The largest absolute Gasteiger partial charge is 0.411 e. The molecule has 0 bridgehead atoms. The van der Waals surface area contributed by atoms with Crippen molar-refractivity contribution in [1.82, 2.24) is 9.78 Å². The molecule has 0 spiro atoms. The molecule has 0 saturated heterocycles. The summed E-state index contributed by atoms with van der Waals surface area (Å²) >= 11 is 3.05. The first-order chi connectivity index (χ1) is 8.81. The number of nitrogens with zero attached hydrogens (tertiary/aromatic N) is 2. The van der Waals surface area contributed by atoms with Crippen molar-refractivity contribution in [2.45, 2.75) is 44.4 Å². The Labute approximate surface area is 116 Å². The van der Waals surface area contributed by atoms with Crippen molar-refractivity contribution < 1.29 is 13.2 Å². The van der Waals surface area contributed by atoms with E-state index >= 15 is 0 Å². The van der Waals surface area contributed by atoms with Crippen molar-refractivity contribution in [1.29, 1.82) is 0 Å². The lowest BCUT2D eigenvalue weighted by atomic mass is 10.2. The number of rotatable bonds is 4. The van der Waals surface area contributed by atoms with Gasteiger partial charge in [-0.05, 0) is 35.2 Å². The van der Waals surface area contributed by atoms with Gasteiger partial charge in [0.2, 0.25) is 0 Å². The van der Waals surface area contributed by atoms with Crippen molar-refractivity contribution in [2.24, 2.45) is 0 Å². The molecule has 1 N–H and O–H groups in total. The number of hydrogen-bond acceptors (Lipinski definition) is 3. The molecule has 2 rings (SSSR count). The molecule has 106 valence electrons. The molecule has 0 unspecified atom stereocenters. The Morgan fingerprint density at radius 1 is 1.53 bits per heavy atom. The first-order valence-corrected chi connectivity index (χ1v) is 6.70. The van der Waals surface area contributed by atoms with Gasteiger partial charge in [0.05, 0.1) is 11.9 Å². The zero-order valence-electron chi connectivity index (χ0n) is 10.2. The SMILES string of the molecule is CCCn1ncc(NC2(C(F)(F)F)CC2)c(Br)c1=O. The van der Waals surface area contributed by atoms with Crippen LogP contribution >= 0.6 is 15.9 Å². The van der Waals surface area contributed by atoms with E-state index in [0.29, 0.717) is 6.54 Å². The summed E-state index contributed by atoms with van der Waals surface area (Å²) in [5, 5.41) is 6.27. The molecule has 1 aliphatic rings. The maximum Gasteiger partial charge on any atom is 0.411 e. The highest BCUT2D eigenvalue weighted by Gasteiger charge is 2.63. The minimum absolute atomic E-state index is 0.0149.